The maximum atomic E-state index is 11.0. The first kappa shape index (κ1) is 41.3. The van der Waals surface area contributed by atoms with Crippen LogP contribution in [0.5, 0.6) is 11.5 Å². The van der Waals surface area contributed by atoms with Crippen LogP contribution in [0.25, 0.3) is 66.6 Å². The summed E-state index contributed by atoms with van der Waals surface area (Å²) in [4.78, 5) is 16.6. The van der Waals surface area contributed by atoms with Crippen LogP contribution in [-0.4, -0.2) is 33.1 Å². The molecule has 0 spiro atoms. The van der Waals surface area contributed by atoms with Gasteiger partial charge in [-0.25, -0.2) is 9.97 Å². The lowest BCUT2D eigenvalue weighted by molar-refractivity contribution is 0.233. The molecule has 0 amide bonds. The lowest BCUT2D eigenvalue weighted by Crippen LogP contribution is -2.11. The van der Waals surface area contributed by atoms with Gasteiger partial charge in [-0.15, -0.1) is 0 Å². The van der Waals surface area contributed by atoms with E-state index in [1.54, 1.807) is 36.4 Å². The Morgan fingerprint density at radius 3 is 1.57 bits per heavy atom. The van der Waals surface area contributed by atoms with Crippen LogP contribution in [0.3, 0.4) is 0 Å². The summed E-state index contributed by atoms with van der Waals surface area (Å²) < 4.78 is 24.8. The lowest BCUT2D eigenvalue weighted by atomic mass is 10.0. The van der Waals surface area contributed by atoms with Gasteiger partial charge < -0.3 is 28.3 Å². The van der Waals surface area contributed by atoms with Crippen molar-refractivity contribution in [3.63, 3.8) is 0 Å². The number of hydrogen-bond donors (Lipinski definition) is 2. The number of nitrogens with one attached hydrogen (secondary N) is 2. The number of aromatic amines is 2. The molecule has 8 aromatic rings. The van der Waals surface area contributed by atoms with Gasteiger partial charge in [0.1, 0.15) is 45.8 Å². The predicted octanol–water partition coefficient (Wildman–Crippen LogP) is 11.9. The van der Waals surface area contributed by atoms with E-state index in [2.05, 4.69) is 49.8 Å². The Morgan fingerprint density at radius 1 is 0.672 bits per heavy atom. The van der Waals surface area contributed by atoms with Crippen LogP contribution in [0, 0.1) is 34.5 Å². The topological polar surface area (TPSA) is 150 Å². The first-order chi connectivity index (χ1) is 29.7. The van der Waals surface area contributed by atoms with Crippen molar-refractivity contribution in [1.29, 1.82) is 10.5 Å². The molecule has 0 saturated carbocycles. The number of hydrogen-bond acceptors (Lipinski definition) is 8. The van der Waals surface area contributed by atoms with Crippen LogP contribution >= 0.6 is 23.2 Å². The van der Waals surface area contributed by atoms with Crippen molar-refractivity contribution in [2.75, 3.05) is 13.2 Å². The molecular weight excluding hydrogens is 807 g/mol. The fourth-order valence-electron chi connectivity index (χ4n) is 7.39. The van der Waals surface area contributed by atoms with Crippen LogP contribution in [0.4, 0.5) is 0 Å². The van der Waals surface area contributed by atoms with Crippen LogP contribution < -0.4 is 20.2 Å². The van der Waals surface area contributed by atoms with E-state index in [0.29, 0.717) is 90.2 Å². The molecule has 2 N–H and O–H groups in total. The molecule has 4 aromatic carbocycles. The van der Waals surface area contributed by atoms with E-state index in [-0.39, 0.29) is 22.9 Å². The molecule has 4 aromatic heterocycles. The van der Waals surface area contributed by atoms with Gasteiger partial charge in [-0.05, 0) is 102 Å². The molecule has 0 fully saturated rings. The van der Waals surface area contributed by atoms with Gasteiger partial charge in [-0.2, -0.15) is 10.5 Å². The first-order valence-corrected chi connectivity index (χ1v) is 21.4. The minimum absolute atomic E-state index is 0.106. The monoisotopic (exact) mass is 850 g/mol. The number of ether oxygens (including phenoxy) is 2. The predicted molar refractivity (Wildman–Crippen MR) is 241 cm³/mol. The van der Waals surface area contributed by atoms with Crippen molar-refractivity contribution in [3.05, 3.63) is 117 Å². The van der Waals surface area contributed by atoms with E-state index < -0.39 is 0 Å². The van der Waals surface area contributed by atoms with E-state index in [4.69, 9.17) is 51.5 Å². The Bertz CT molecular complexity index is 2970. The number of nitriles is 2. The van der Waals surface area contributed by atoms with Gasteiger partial charge in [0.25, 0.3) is 0 Å². The van der Waals surface area contributed by atoms with Crippen LogP contribution in [-0.2, 0) is 0 Å². The average Bonchev–Trinajstić information content (AvgIpc) is 4.07. The van der Waals surface area contributed by atoms with Gasteiger partial charge in [0, 0.05) is 33.0 Å². The second-order valence-corrected chi connectivity index (χ2v) is 16.2. The van der Waals surface area contributed by atoms with Crippen molar-refractivity contribution >= 4 is 67.3 Å². The number of oxazole rings is 2. The first-order valence-electron chi connectivity index (χ1n) is 20.6. The number of aromatic nitrogens is 4. The molecular formula is C49H44Cl2N6O4. The number of nitrogens with zero attached hydrogens (tertiary/aromatic N) is 4. The second kappa shape index (κ2) is 18.0. The summed E-state index contributed by atoms with van der Waals surface area (Å²) in [5.74, 6) is 2.55. The molecule has 0 bridgehead atoms. The number of H-pyrrole nitrogens is 2. The van der Waals surface area contributed by atoms with Gasteiger partial charge >= 0.3 is 0 Å². The molecule has 61 heavy (non-hydrogen) atoms. The largest absolute Gasteiger partial charge is 0.493 e. The maximum Gasteiger partial charge on any atom is 0.240 e. The average molecular weight is 852 g/mol. The molecule has 0 aliphatic rings. The molecule has 0 aliphatic carbocycles. The Balaban J connectivity index is 1.40. The maximum absolute atomic E-state index is 11.0. The highest BCUT2D eigenvalue weighted by Crippen LogP contribution is 2.34. The van der Waals surface area contributed by atoms with Crippen molar-refractivity contribution in [2.24, 2.45) is 11.8 Å². The SMILES string of the molecule is CCCCC(CC)COc1ccc(-c2[nH]/c(=C(/C#N)c3nc4ccc(Cl)cc4o3)c3c(-c4ccc(OCC(C)CC)cc4)[nH]/c(=C(/C#N)c4nc5ccc(Cl)cc5o4)c23)cc1. The molecule has 0 radical (unpaired) electrons. The molecule has 10 nitrogen and oxygen atoms in total. The molecule has 2 atom stereocenters. The molecule has 4 heterocycles. The van der Waals surface area contributed by atoms with Gasteiger partial charge in [0.05, 0.1) is 35.3 Å². The zero-order valence-electron chi connectivity index (χ0n) is 34.4. The van der Waals surface area contributed by atoms with E-state index in [9.17, 15) is 10.5 Å². The molecule has 0 aliphatic heterocycles. The third-order valence-corrected chi connectivity index (χ3v) is 11.6. The van der Waals surface area contributed by atoms with Crippen molar-refractivity contribution in [2.45, 2.75) is 59.8 Å². The Labute approximate surface area is 363 Å². The third-order valence-electron chi connectivity index (χ3n) is 11.1. The van der Waals surface area contributed by atoms with Crippen molar-refractivity contribution in [1.82, 2.24) is 19.9 Å². The van der Waals surface area contributed by atoms with Gasteiger partial charge in [0.15, 0.2) is 11.2 Å². The Hall–Kier alpha value is -6.46. The summed E-state index contributed by atoms with van der Waals surface area (Å²) in [7, 11) is 0. The Morgan fingerprint density at radius 2 is 1.15 bits per heavy atom. The molecule has 308 valence electrons. The highest BCUT2D eigenvalue weighted by atomic mass is 35.5. The number of halogens is 2. The second-order valence-electron chi connectivity index (χ2n) is 15.3. The molecule has 2 unspecified atom stereocenters. The number of fused-ring (bicyclic) bond motifs is 3. The minimum atomic E-state index is 0.106. The number of rotatable bonds is 15. The standard InChI is InChI=1S/C49H44Cl2N6O4/c1-5-8-9-29(7-3)27-59-35-18-12-31(13-19-35)45-43-42(46(57-45)36(24-52)48-54-38-20-14-32(50)22-40(38)60-48)44(30-10-16-34(17-11-30)58-26-28(4)6-2)56-47(43)37(25-53)49-55-39-21-15-33(51)23-41(39)61-49/h10-23,28-29,56-57H,5-9,26-27H2,1-4H3/b46-36-,47-37-. The zero-order chi connectivity index (χ0) is 42.6. The normalized spacial score (nSPS) is 13.6. The van der Waals surface area contributed by atoms with Gasteiger partial charge in [0.2, 0.25) is 11.8 Å². The minimum Gasteiger partial charge on any atom is -0.493 e. The number of unbranched alkanes of at least 4 members (excludes halogenated alkanes) is 1. The van der Waals surface area contributed by atoms with Crippen LogP contribution in [0.1, 0.15) is 71.6 Å². The summed E-state index contributed by atoms with van der Waals surface area (Å²) in [5, 5.41) is 25.0. The quantitative estimate of drug-likeness (QED) is 0.103. The highest BCUT2D eigenvalue weighted by Gasteiger charge is 2.25. The fourth-order valence-corrected chi connectivity index (χ4v) is 7.72. The van der Waals surface area contributed by atoms with Crippen LogP contribution in [0.2, 0.25) is 10.0 Å². The third kappa shape index (κ3) is 8.48. The summed E-state index contributed by atoms with van der Waals surface area (Å²) >= 11 is 12.6. The number of benzene rings is 4. The van der Waals surface area contributed by atoms with E-state index in [1.165, 1.54) is 6.42 Å². The Kier molecular flexibility index (Phi) is 12.2. The van der Waals surface area contributed by atoms with E-state index >= 15 is 0 Å². The van der Waals surface area contributed by atoms with Crippen LogP contribution in [0.15, 0.2) is 93.8 Å². The smallest absolute Gasteiger partial charge is 0.240 e. The molecule has 12 heteroatoms. The van der Waals surface area contributed by atoms with Gasteiger partial charge in [-0.3, -0.25) is 0 Å². The summed E-state index contributed by atoms with van der Waals surface area (Å²) in [6.07, 6.45) is 5.49. The van der Waals surface area contributed by atoms with Crippen molar-refractivity contribution < 1.29 is 18.3 Å². The molecule has 8 rings (SSSR count). The summed E-state index contributed by atoms with van der Waals surface area (Å²) in [5.41, 5.74) is 5.09. The van der Waals surface area contributed by atoms with Crippen molar-refractivity contribution in [3.8, 4) is 46.2 Å². The molecule has 0 saturated heterocycles. The summed E-state index contributed by atoms with van der Waals surface area (Å²) in [6.45, 7) is 9.91. The zero-order valence-corrected chi connectivity index (χ0v) is 35.9. The van der Waals surface area contributed by atoms with E-state index in [1.807, 2.05) is 48.5 Å². The summed E-state index contributed by atoms with van der Waals surface area (Å²) in [6, 6.07) is 30.6. The van der Waals surface area contributed by atoms with Gasteiger partial charge in [-0.1, -0.05) is 76.6 Å². The van der Waals surface area contributed by atoms with E-state index in [0.717, 1.165) is 48.3 Å². The highest BCUT2D eigenvalue weighted by molar-refractivity contribution is 6.31. The fraction of sp³-hybridized carbons (Fsp3) is 0.265. The lowest BCUT2D eigenvalue weighted by Gasteiger charge is -2.15.